The van der Waals surface area contributed by atoms with Crippen LogP contribution in [0.3, 0.4) is 0 Å². The average Bonchev–Trinajstić information content (AvgIpc) is 2.45. The van der Waals surface area contributed by atoms with Crippen LogP contribution in [0.25, 0.3) is 0 Å². The SMILES string of the molecule is CCCNC(c1cccc(Cl)c1F)C1CCCCC1. The largest absolute Gasteiger partial charge is 0.310 e. The molecule has 0 bridgehead atoms. The van der Waals surface area contributed by atoms with Gasteiger partial charge in [-0.3, -0.25) is 0 Å². The van der Waals surface area contributed by atoms with Crippen molar-refractivity contribution < 1.29 is 4.39 Å². The van der Waals surface area contributed by atoms with E-state index in [2.05, 4.69) is 12.2 Å². The number of nitrogens with one attached hydrogen (secondary N) is 1. The van der Waals surface area contributed by atoms with Crippen molar-refractivity contribution >= 4 is 11.6 Å². The summed E-state index contributed by atoms with van der Waals surface area (Å²) in [6.45, 7) is 3.06. The monoisotopic (exact) mass is 283 g/mol. The molecule has 0 heterocycles. The van der Waals surface area contributed by atoms with Gasteiger partial charge in [0.05, 0.1) is 5.02 Å². The van der Waals surface area contributed by atoms with Crippen LogP contribution in [0.4, 0.5) is 4.39 Å². The molecule has 0 saturated heterocycles. The van der Waals surface area contributed by atoms with E-state index >= 15 is 0 Å². The molecule has 1 atom stereocenters. The molecule has 106 valence electrons. The maximum Gasteiger partial charge on any atom is 0.146 e. The highest BCUT2D eigenvalue weighted by molar-refractivity contribution is 6.30. The van der Waals surface area contributed by atoms with E-state index in [0.29, 0.717) is 5.92 Å². The second-order valence-electron chi connectivity index (χ2n) is 5.47. The summed E-state index contributed by atoms with van der Waals surface area (Å²) in [4.78, 5) is 0. The normalized spacial score (nSPS) is 18.5. The fourth-order valence-electron chi connectivity index (χ4n) is 3.06. The van der Waals surface area contributed by atoms with Crippen LogP contribution in [0.15, 0.2) is 18.2 Å². The van der Waals surface area contributed by atoms with Gasteiger partial charge in [0.2, 0.25) is 0 Å². The number of hydrogen-bond donors (Lipinski definition) is 1. The summed E-state index contributed by atoms with van der Waals surface area (Å²) < 4.78 is 14.3. The Morgan fingerprint density at radius 1 is 1.32 bits per heavy atom. The zero-order chi connectivity index (χ0) is 13.7. The van der Waals surface area contributed by atoms with Crippen molar-refractivity contribution in [2.24, 2.45) is 5.92 Å². The molecule has 1 aliphatic carbocycles. The fourth-order valence-corrected chi connectivity index (χ4v) is 3.24. The lowest BCUT2D eigenvalue weighted by Crippen LogP contribution is -2.31. The van der Waals surface area contributed by atoms with Crippen molar-refractivity contribution in [3.63, 3.8) is 0 Å². The van der Waals surface area contributed by atoms with Crippen LogP contribution in [0.1, 0.15) is 57.1 Å². The molecular weight excluding hydrogens is 261 g/mol. The van der Waals surface area contributed by atoms with E-state index in [9.17, 15) is 4.39 Å². The maximum absolute atomic E-state index is 14.3. The Bertz CT molecular complexity index is 402. The minimum Gasteiger partial charge on any atom is -0.310 e. The molecule has 1 N–H and O–H groups in total. The Balaban J connectivity index is 2.22. The van der Waals surface area contributed by atoms with E-state index in [-0.39, 0.29) is 16.9 Å². The Morgan fingerprint density at radius 3 is 2.74 bits per heavy atom. The highest BCUT2D eigenvalue weighted by Crippen LogP contribution is 2.36. The first-order chi connectivity index (χ1) is 9.24. The van der Waals surface area contributed by atoms with Gasteiger partial charge in [0.15, 0.2) is 0 Å². The summed E-state index contributed by atoms with van der Waals surface area (Å²) in [5, 5.41) is 3.76. The molecule has 3 heteroatoms. The van der Waals surface area contributed by atoms with Gasteiger partial charge in [-0.1, -0.05) is 49.9 Å². The molecule has 1 fully saturated rings. The topological polar surface area (TPSA) is 12.0 Å². The van der Waals surface area contributed by atoms with Crippen LogP contribution in [0.2, 0.25) is 5.02 Å². The third kappa shape index (κ3) is 3.70. The van der Waals surface area contributed by atoms with Crippen LogP contribution in [-0.4, -0.2) is 6.54 Å². The van der Waals surface area contributed by atoms with Gasteiger partial charge in [-0.15, -0.1) is 0 Å². The van der Waals surface area contributed by atoms with Gasteiger partial charge < -0.3 is 5.32 Å². The van der Waals surface area contributed by atoms with Gasteiger partial charge >= 0.3 is 0 Å². The van der Waals surface area contributed by atoms with Crippen molar-refractivity contribution in [3.8, 4) is 0 Å². The van der Waals surface area contributed by atoms with E-state index in [1.54, 1.807) is 6.07 Å². The zero-order valence-corrected chi connectivity index (χ0v) is 12.3. The Kier molecular flexibility index (Phi) is 5.65. The van der Waals surface area contributed by atoms with Gasteiger partial charge in [0.25, 0.3) is 0 Å². The van der Waals surface area contributed by atoms with Gasteiger partial charge in [-0.2, -0.15) is 0 Å². The molecule has 0 radical (unpaired) electrons. The summed E-state index contributed by atoms with van der Waals surface area (Å²) in [6.07, 6.45) is 7.27. The predicted octanol–water partition coefficient (Wildman–Crippen LogP) is 5.10. The van der Waals surface area contributed by atoms with Gasteiger partial charge in [-0.05, 0) is 37.8 Å². The molecule has 0 aromatic heterocycles. The third-order valence-electron chi connectivity index (χ3n) is 4.05. The van der Waals surface area contributed by atoms with Crippen molar-refractivity contribution in [3.05, 3.63) is 34.6 Å². The molecular formula is C16H23ClFN. The molecule has 1 aliphatic rings. The molecule has 1 nitrogen and oxygen atoms in total. The summed E-state index contributed by atoms with van der Waals surface area (Å²) in [5.74, 6) is 0.289. The molecule has 0 aliphatic heterocycles. The third-order valence-corrected chi connectivity index (χ3v) is 4.34. The lowest BCUT2D eigenvalue weighted by Gasteiger charge is -2.31. The minimum atomic E-state index is -0.247. The number of hydrogen-bond acceptors (Lipinski definition) is 1. The quantitative estimate of drug-likeness (QED) is 0.793. The standard InChI is InChI=1S/C16H23ClFN/c1-2-11-19-16(12-7-4-3-5-8-12)13-9-6-10-14(17)15(13)18/h6,9-10,12,16,19H,2-5,7-8,11H2,1H3. The van der Waals surface area contributed by atoms with Crippen molar-refractivity contribution in [1.29, 1.82) is 0 Å². The van der Waals surface area contributed by atoms with Gasteiger partial charge in [-0.25, -0.2) is 4.39 Å². The predicted molar refractivity (Wildman–Crippen MR) is 79.0 cm³/mol. The first-order valence-corrected chi connectivity index (χ1v) is 7.79. The van der Waals surface area contributed by atoms with Crippen LogP contribution >= 0.6 is 11.6 Å². The van der Waals surface area contributed by atoms with E-state index in [1.807, 2.05) is 12.1 Å². The van der Waals surface area contributed by atoms with Crippen LogP contribution in [0, 0.1) is 11.7 Å². The molecule has 1 aromatic rings. The summed E-state index contributed by atoms with van der Waals surface area (Å²) in [5.41, 5.74) is 0.743. The second-order valence-corrected chi connectivity index (χ2v) is 5.88. The van der Waals surface area contributed by atoms with Crippen LogP contribution in [0.5, 0.6) is 0 Å². The molecule has 2 rings (SSSR count). The number of benzene rings is 1. The zero-order valence-electron chi connectivity index (χ0n) is 11.6. The van der Waals surface area contributed by atoms with E-state index in [0.717, 1.165) is 18.5 Å². The maximum atomic E-state index is 14.3. The summed E-state index contributed by atoms with van der Waals surface area (Å²) in [7, 11) is 0. The summed E-state index contributed by atoms with van der Waals surface area (Å²) in [6, 6.07) is 5.46. The van der Waals surface area contributed by atoms with Crippen molar-refractivity contribution in [1.82, 2.24) is 5.32 Å². The van der Waals surface area contributed by atoms with E-state index in [1.165, 1.54) is 32.1 Å². The number of rotatable bonds is 5. The fraction of sp³-hybridized carbons (Fsp3) is 0.625. The lowest BCUT2D eigenvalue weighted by molar-refractivity contribution is 0.267. The molecule has 1 aromatic carbocycles. The van der Waals surface area contributed by atoms with Gasteiger partial charge in [0, 0.05) is 11.6 Å². The first-order valence-electron chi connectivity index (χ1n) is 7.41. The van der Waals surface area contributed by atoms with Crippen molar-refractivity contribution in [2.75, 3.05) is 6.54 Å². The second kappa shape index (κ2) is 7.25. The van der Waals surface area contributed by atoms with E-state index in [4.69, 9.17) is 11.6 Å². The van der Waals surface area contributed by atoms with E-state index < -0.39 is 0 Å². The highest BCUT2D eigenvalue weighted by Gasteiger charge is 2.27. The first kappa shape index (κ1) is 14.8. The molecule has 0 spiro atoms. The molecule has 1 saturated carbocycles. The Labute approximate surface area is 120 Å². The Morgan fingerprint density at radius 2 is 2.05 bits per heavy atom. The summed E-state index contributed by atoms with van der Waals surface area (Å²) >= 11 is 5.93. The minimum absolute atomic E-state index is 0.110. The van der Waals surface area contributed by atoms with Crippen LogP contribution < -0.4 is 5.32 Å². The number of halogens is 2. The Hall–Kier alpha value is -0.600. The van der Waals surface area contributed by atoms with Gasteiger partial charge in [0.1, 0.15) is 5.82 Å². The average molecular weight is 284 g/mol. The molecule has 1 unspecified atom stereocenters. The smallest absolute Gasteiger partial charge is 0.146 e. The van der Waals surface area contributed by atoms with Crippen LogP contribution in [-0.2, 0) is 0 Å². The highest BCUT2D eigenvalue weighted by atomic mass is 35.5. The molecule has 0 amide bonds. The molecule has 19 heavy (non-hydrogen) atoms. The lowest BCUT2D eigenvalue weighted by atomic mass is 9.81. The van der Waals surface area contributed by atoms with Crippen molar-refractivity contribution in [2.45, 2.75) is 51.5 Å².